The maximum absolute atomic E-state index is 12.4. The summed E-state index contributed by atoms with van der Waals surface area (Å²) in [4.78, 5) is 27.2. The van der Waals surface area contributed by atoms with Crippen molar-refractivity contribution in [2.45, 2.75) is 71.1 Å². The maximum Gasteiger partial charge on any atom is 0.520 e. The number of hydrogen-bond donors (Lipinski definition) is 1. The summed E-state index contributed by atoms with van der Waals surface area (Å²) in [6.45, 7) is 6.59. The maximum atomic E-state index is 12.4. The molecule has 1 heterocycles. The van der Waals surface area contributed by atoms with E-state index in [-0.39, 0.29) is 16.9 Å². The van der Waals surface area contributed by atoms with Gasteiger partial charge in [-0.15, -0.1) is 0 Å². The lowest BCUT2D eigenvalue weighted by atomic mass is 9.86. The third-order valence-corrected chi connectivity index (χ3v) is 5.70. The smallest absolute Gasteiger partial charge is 0.478 e. The minimum Gasteiger partial charge on any atom is -0.478 e. The van der Waals surface area contributed by atoms with Crippen LogP contribution in [0.25, 0.3) is 0 Å². The first-order chi connectivity index (χ1) is 14.3. The first-order valence-corrected chi connectivity index (χ1v) is 10.6. The molecule has 0 aliphatic heterocycles. The van der Waals surface area contributed by atoms with Crippen LogP contribution in [0.4, 0.5) is 4.79 Å². The number of fused-ring (bicyclic) bond motifs is 1. The Balaban J connectivity index is 1.76. The summed E-state index contributed by atoms with van der Waals surface area (Å²) in [5, 5.41) is 8.93. The number of pyridine rings is 1. The number of nitrogens with zero attached hydrogens (tertiary/aromatic N) is 1. The number of rotatable bonds is 8. The second kappa shape index (κ2) is 9.28. The van der Waals surface area contributed by atoms with Gasteiger partial charge in [-0.05, 0) is 59.9 Å². The van der Waals surface area contributed by atoms with Gasteiger partial charge < -0.3 is 14.6 Å². The fourth-order valence-electron chi connectivity index (χ4n) is 3.89. The molecule has 1 aliphatic rings. The number of ether oxygens (including phenoxy) is 2. The molecule has 30 heavy (non-hydrogen) atoms. The summed E-state index contributed by atoms with van der Waals surface area (Å²) in [6.07, 6.45) is 7.76. The first kappa shape index (κ1) is 21.8. The Bertz CT molecular complexity index is 918. The van der Waals surface area contributed by atoms with Crippen LogP contribution < -0.4 is 9.47 Å². The molecule has 6 heteroatoms. The van der Waals surface area contributed by atoms with E-state index in [1.54, 1.807) is 0 Å². The third-order valence-electron chi connectivity index (χ3n) is 5.70. The van der Waals surface area contributed by atoms with Crippen LogP contribution in [0.5, 0.6) is 11.6 Å². The Kier molecular flexibility index (Phi) is 6.75. The Morgan fingerprint density at radius 3 is 2.60 bits per heavy atom. The van der Waals surface area contributed by atoms with Crippen molar-refractivity contribution >= 4 is 12.1 Å². The van der Waals surface area contributed by atoms with E-state index in [0.29, 0.717) is 5.75 Å². The summed E-state index contributed by atoms with van der Waals surface area (Å²) >= 11 is 0. The molecule has 0 spiro atoms. The molecule has 6 nitrogen and oxygen atoms in total. The molecule has 3 rings (SSSR count). The molecule has 0 saturated carbocycles. The number of benzene rings is 1. The monoisotopic (exact) mass is 411 g/mol. The minimum absolute atomic E-state index is 0.00372. The lowest BCUT2D eigenvalue weighted by Gasteiger charge is -2.20. The largest absolute Gasteiger partial charge is 0.520 e. The van der Waals surface area contributed by atoms with E-state index >= 15 is 0 Å². The minimum atomic E-state index is -1.09. The van der Waals surface area contributed by atoms with Crippen molar-refractivity contribution in [3.63, 3.8) is 0 Å². The van der Waals surface area contributed by atoms with Crippen LogP contribution in [-0.4, -0.2) is 22.2 Å². The van der Waals surface area contributed by atoms with E-state index in [2.05, 4.69) is 31.8 Å². The number of aromatic carboxylic acids is 1. The van der Waals surface area contributed by atoms with E-state index in [4.69, 9.17) is 14.6 Å². The lowest BCUT2D eigenvalue weighted by molar-refractivity contribution is 0.0696. The van der Waals surface area contributed by atoms with Crippen molar-refractivity contribution in [1.29, 1.82) is 0 Å². The van der Waals surface area contributed by atoms with Crippen molar-refractivity contribution in [3.05, 3.63) is 52.7 Å². The van der Waals surface area contributed by atoms with Crippen LogP contribution >= 0.6 is 0 Å². The van der Waals surface area contributed by atoms with Gasteiger partial charge >= 0.3 is 12.1 Å². The van der Waals surface area contributed by atoms with Gasteiger partial charge in [0.05, 0.1) is 5.56 Å². The predicted octanol–water partition coefficient (Wildman–Crippen LogP) is 5.70. The Labute approximate surface area is 177 Å². The molecule has 0 radical (unpaired) electrons. The van der Waals surface area contributed by atoms with Crippen molar-refractivity contribution in [2.24, 2.45) is 0 Å². The van der Waals surface area contributed by atoms with Gasteiger partial charge in [0, 0.05) is 12.3 Å². The van der Waals surface area contributed by atoms with Gasteiger partial charge in [-0.25, -0.2) is 14.6 Å². The highest BCUT2D eigenvalue weighted by Crippen LogP contribution is 2.41. The van der Waals surface area contributed by atoms with Crippen LogP contribution in [0.2, 0.25) is 0 Å². The molecule has 0 saturated heterocycles. The second-order valence-electron chi connectivity index (χ2n) is 8.46. The zero-order valence-electron chi connectivity index (χ0n) is 17.9. The highest BCUT2D eigenvalue weighted by atomic mass is 16.7. The van der Waals surface area contributed by atoms with E-state index in [9.17, 15) is 9.59 Å². The highest BCUT2D eigenvalue weighted by molar-refractivity contribution is 5.87. The molecule has 1 aliphatic carbocycles. The fourth-order valence-corrected chi connectivity index (χ4v) is 3.89. The number of unbranched alkanes of at least 4 members (excludes halogenated alkanes) is 3. The Morgan fingerprint density at radius 1 is 1.13 bits per heavy atom. The zero-order chi connectivity index (χ0) is 21.7. The topological polar surface area (TPSA) is 85.7 Å². The van der Waals surface area contributed by atoms with Crippen LogP contribution in [0, 0.1) is 0 Å². The summed E-state index contributed by atoms with van der Waals surface area (Å²) in [7, 11) is 0. The van der Waals surface area contributed by atoms with Crippen LogP contribution in [0.15, 0.2) is 30.5 Å². The highest BCUT2D eigenvalue weighted by Gasteiger charge is 2.31. The van der Waals surface area contributed by atoms with Crippen LogP contribution in [0.1, 0.15) is 79.9 Å². The average Bonchev–Trinajstić information content (AvgIpc) is 2.99. The van der Waals surface area contributed by atoms with E-state index in [1.165, 1.54) is 36.1 Å². The number of carboxylic acid groups (broad SMARTS) is 1. The lowest BCUT2D eigenvalue weighted by Crippen LogP contribution is -2.17. The summed E-state index contributed by atoms with van der Waals surface area (Å²) in [6, 6.07) is 6.83. The molecule has 0 amide bonds. The van der Waals surface area contributed by atoms with Gasteiger partial charge in [0.1, 0.15) is 5.75 Å². The second-order valence-corrected chi connectivity index (χ2v) is 8.46. The normalized spacial score (nSPS) is 14.2. The van der Waals surface area contributed by atoms with E-state index in [1.807, 2.05) is 6.07 Å². The van der Waals surface area contributed by atoms with Gasteiger partial charge in [0.25, 0.3) is 0 Å². The summed E-state index contributed by atoms with van der Waals surface area (Å²) in [5.41, 5.74) is 3.63. The number of carbonyl (C=O) groups excluding carboxylic acids is 1. The van der Waals surface area contributed by atoms with Crippen molar-refractivity contribution in [2.75, 3.05) is 0 Å². The quantitative estimate of drug-likeness (QED) is 0.340. The van der Waals surface area contributed by atoms with Crippen molar-refractivity contribution in [3.8, 4) is 11.6 Å². The molecule has 1 aromatic heterocycles. The van der Waals surface area contributed by atoms with Crippen LogP contribution in [0.3, 0.4) is 0 Å². The van der Waals surface area contributed by atoms with Crippen molar-refractivity contribution < 1.29 is 24.2 Å². The first-order valence-electron chi connectivity index (χ1n) is 10.6. The molecule has 1 aromatic carbocycles. The van der Waals surface area contributed by atoms with Crippen LogP contribution in [-0.2, 0) is 18.3 Å². The Morgan fingerprint density at radius 2 is 1.93 bits per heavy atom. The Hall–Kier alpha value is -2.89. The SMILES string of the molecule is CCCCCCc1cc2c(cc1OC(=O)Oc1ccc(C(=O)O)cn1)C(C)(C)CC2. The molecule has 0 fully saturated rings. The molecule has 0 bridgehead atoms. The van der Waals surface area contributed by atoms with Gasteiger partial charge in [-0.1, -0.05) is 46.1 Å². The molecule has 160 valence electrons. The van der Waals surface area contributed by atoms with Crippen molar-refractivity contribution in [1.82, 2.24) is 4.98 Å². The standard InChI is InChI=1S/C24H29NO5/c1-4-5-6-7-8-17-13-16-11-12-24(2,3)19(16)14-20(17)29-23(28)30-21-10-9-18(15-25-21)22(26)27/h9-10,13-15H,4-8,11-12H2,1-3H3,(H,26,27). The molecule has 1 N–H and O–H groups in total. The number of hydrogen-bond acceptors (Lipinski definition) is 5. The molecule has 0 unspecified atom stereocenters. The van der Waals surface area contributed by atoms with Gasteiger partial charge in [-0.2, -0.15) is 0 Å². The molecule has 2 aromatic rings. The summed E-state index contributed by atoms with van der Waals surface area (Å²) in [5.74, 6) is -0.562. The number of aryl methyl sites for hydroxylation is 2. The number of carbonyl (C=O) groups is 2. The fraction of sp³-hybridized carbons (Fsp3) is 0.458. The number of aromatic nitrogens is 1. The van der Waals surface area contributed by atoms with E-state index in [0.717, 1.165) is 43.9 Å². The zero-order valence-corrected chi connectivity index (χ0v) is 17.9. The summed E-state index contributed by atoms with van der Waals surface area (Å²) < 4.78 is 10.7. The number of carboxylic acids is 1. The predicted molar refractivity (Wildman–Crippen MR) is 113 cm³/mol. The van der Waals surface area contributed by atoms with Gasteiger partial charge in [0.2, 0.25) is 5.88 Å². The van der Waals surface area contributed by atoms with Gasteiger partial charge in [0.15, 0.2) is 0 Å². The molecular weight excluding hydrogens is 382 g/mol. The molecular formula is C24H29NO5. The average molecular weight is 411 g/mol. The van der Waals surface area contributed by atoms with E-state index < -0.39 is 12.1 Å². The molecule has 0 atom stereocenters. The third kappa shape index (κ3) is 5.17. The van der Waals surface area contributed by atoms with Gasteiger partial charge in [-0.3, -0.25) is 0 Å².